The second-order valence-electron chi connectivity index (χ2n) is 8.02. The van der Waals surface area contributed by atoms with E-state index in [1.807, 2.05) is 17.0 Å². The van der Waals surface area contributed by atoms with Crippen molar-refractivity contribution in [3.05, 3.63) is 30.1 Å². The summed E-state index contributed by atoms with van der Waals surface area (Å²) in [7, 11) is 0. The van der Waals surface area contributed by atoms with Gasteiger partial charge in [-0.2, -0.15) is 0 Å². The molecule has 1 spiro atoms. The molecule has 0 bridgehead atoms. The Labute approximate surface area is 153 Å². The summed E-state index contributed by atoms with van der Waals surface area (Å²) in [5.74, 6) is -0.145. The maximum Gasteiger partial charge on any atom is 0.260 e. The minimum Gasteiger partial charge on any atom is -0.340 e. The Morgan fingerprint density at radius 2 is 1.85 bits per heavy atom. The Kier molecular flexibility index (Phi) is 4.45. The van der Waals surface area contributed by atoms with Crippen molar-refractivity contribution in [1.82, 2.24) is 14.8 Å². The average Bonchev–Trinajstić information content (AvgIpc) is 2.81. The second kappa shape index (κ2) is 6.63. The lowest BCUT2D eigenvalue weighted by Crippen LogP contribution is -2.51. The minimum atomic E-state index is -1.63. The normalized spacial score (nSPS) is 28.1. The first kappa shape index (κ1) is 17.4. The van der Waals surface area contributed by atoms with Crippen LogP contribution >= 0.6 is 0 Å². The first-order chi connectivity index (χ1) is 12.5. The lowest BCUT2D eigenvalue weighted by molar-refractivity contribution is -0.150. The number of alkyl halides is 1. The summed E-state index contributed by atoms with van der Waals surface area (Å²) in [5.41, 5.74) is -0.748. The molecule has 0 radical (unpaired) electrons. The molecule has 2 amide bonds. The Bertz CT molecular complexity index is 692. The van der Waals surface area contributed by atoms with Crippen LogP contribution in [-0.4, -0.2) is 50.9 Å². The van der Waals surface area contributed by atoms with Crippen molar-refractivity contribution < 1.29 is 14.0 Å². The number of rotatable bonds is 3. The van der Waals surface area contributed by atoms with Gasteiger partial charge in [0.25, 0.3) is 5.91 Å². The monoisotopic (exact) mass is 359 g/mol. The molecule has 26 heavy (non-hydrogen) atoms. The number of hydrogen-bond acceptors (Lipinski definition) is 3. The molecule has 2 aliphatic heterocycles. The predicted molar refractivity (Wildman–Crippen MR) is 94.9 cm³/mol. The fraction of sp³-hybridized carbons (Fsp3) is 0.650. The van der Waals surface area contributed by atoms with E-state index in [9.17, 15) is 14.0 Å². The maximum atomic E-state index is 14.6. The van der Waals surface area contributed by atoms with E-state index in [4.69, 9.17) is 0 Å². The van der Waals surface area contributed by atoms with E-state index in [-0.39, 0.29) is 17.4 Å². The summed E-state index contributed by atoms with van der Waals surface area (Å²) in [4.78, 5) is 32.9. The molecule has 3 heterocycles. The van der Waals surface area contributed by atoms with Gasteiger partial charge < -0.3 is 9.80 Å². The highest BCUT2D eigenvalue weighted by atomic mass is 19.1. The highest BCUT2D eigenvalue weighted by Crippen LogP contribution is 2.42. The summed E-state index contributed by atoms with van der Waals surface area (Å²) >= 11 is 0. The first-order valence-corrected chi connectivity index (χ1v) is 9.70. The fourth-order valence-corrected chi connectivity index (χ4v) is 4.69. The number of halogens is 1. The van der Waals surface area contributed by atoms with Crippen LogP contribution in [-0.2, 0) is 16.1 Å². The molecule has 3 aliphatic rings. The largest absolute Gasteiger partial charge is 0.340 e. The molecule has 1 aromatic rings. The standard InChI is InChI=1S/C20H26FN3O2/c21-20(7-1-8-20)18(26)23-13-2-6-19(10-14-23)9-3-17(25)24(19)15-16-4-11-22-12-5-16/h4-5,11-12H,1-3,6-10,13-15H2. The summed E-state index contributed by atoms with van der Waals surface area (Å²) in [6, 6.07) is 3.88. The predicted octanol–water partition coefficient (Wildman–Crippen LogP) is 2.85. The molecule has 1 aliphatic carbocycles. The van der Waals surface area contributed by atoms with Crippen molar-refractivity contribution in [2.45, 2.75) is 69.1 Å². The summed E-state index contributed by atoms with van der Waals surface area (Å²) in [6.07, 6.45) is 8.85. The van der Waals surface area contributed by atoms with Gasteiger partial charge in [-0.25, -0.2) is 4.39 Å². The Morgan fingerprint density at radius 3 is 2.54 bits per heavy atom. The molecule has 3 fully saturated rings. The zero-order chi connectivity index (χ0) is 18.2. The maximum absolute atomic E-state index is 14.6. The van der Waals surface area contributed by atoms with Gasteiger partial charge in [-0.05, 0) is 62.6 Å². The molecular formula is C20H26FN3O2. The number of carbonyl (C=O) groups is 2. The van der Waals surface area contributed by atoms with Crippen LogP contribution in [0.15, 0.2) is 24.5 Å². The van der Waals surface area contributed by atoms with E-state index in [0.29, 0.717) is 38.9 Å². The highest BCUT2D eigenvalue weighted by Gasteiger charge is 2.50. The first-order valence-electron chi connectivity index (χ1n) is 9.70. The molecule has 1 unspecified atom stereocenters. The SMILES string of the molecule is O=C1CCC2(CCCN(C(=O)C3(F)CCC3)CC2)N1Cc1ccncc1. The molecule has 0 aromatic carbocycles. The molecule has 6 heteroatoms. The van der Waals surface area contributed by atoms with Gasteiger partial charge in [-0.15, -0.1) is 0 Å². The van der Waals surface area contributed by atoms with Crippen LogP contribution < -0.4 is 0 Å². The summed E-state index contributed by atoms with van der Waals surface area (Å²) in [6.45, 7) is 1.73. The summed E-state index contributed by atoms with van der Waals surface area (Å²) < 4.78 is 14.6. The molecule has 140 valence electrons. The molecule has 5 nitrogen and oxygen atoms in total. The van der Waals surface area contributed by atoms with Gasteiger partial charge in [0.15, 0.2) is 5.67 Å². The van der Waals surface area contributed by atoms with Crippen LogP contribution in [0, 0.1) is 0 Å². The third-order valence-electron chi connectivity index (χ3n) is 6.50. The number of pyridine rings is 1. The second-order valence-corrected chi connectivity index (χ2v) is 8.02. The van der Waals surface area contributed by atoms with E-state index in [2.05, 4.69) is 4.98 Å². The lowest BCUT2D eigenvalue weighted by atomic mass is 9.81. The van der Waals surface area contributed by atoms with Crippen molar-refractivity contribution in [2.24, 2.45) is 0 Å². The van der Waals surface area contributed by atoms with E-state index in [1.165, 1.54) is 0 Å². The molecule has 1 saturated carbocycles. The van der Waals surface area contributed by atoms with Crippen molar-refractivity contribution in [3.8, 4) is 0 Å². The Morgan fingerprint density at radius 1 is 1.08 bits per heavy atom. The number of amides is 2. The van der Waals surface area contributed by atoms with Crippen LogP contribution in [0.2, 0.25) is 0 Å². The topological polar surface area (TPSA) is 53.5 Å². The fourth-order valence-electron chi connectivity index (χ4n) is 4.69. The minimum absolute atomic E-state index is 0.183. The van der Waals surface area contributed by atoms with Crippen LogP contribution in [0.5, 0.6) is 0 Å². The van der Waals surface area contributed by atoms with Gasteiger partial charge >= 0.3 is 0 Å². The van der Waals surface area contributed by atoms with Gasteiger partial charge in [0, 0.05) is 44.0 Å². The molecule has 1 aromatic heterocycles. The third-order valence-corrected chi connectivity index (χ3v) is 6.50. The highest BCUT2D eigenvalue weighted by molar-refractivity contribution is 5.86. The number of carbonyl (C=O) groups excluding carboxylic acids is 2. The molecular weight excluding hydrogens is 333 g/mol. The van der Waals surface area contributed by atoms with Crippen LogP contribution in [0.1, 0.15) is 56.9 Å². The van der Waals surface area contributed by atoms with Crippen LogP contribution in [0.25, 0.3) is 0 Å². The molecule has 1 atom stereocenters. The van der Waals surface area contributed by atoms with Crippen molar-refractivity contribution in [3.63, 3.8) is 0 Å². The van der Waals surface area contributed by atoms with Gasteiger partial charge in [0.1, 0.15) is 0 Å². The van der Waals surface area contributed by atoms with E-state index in [0.717, 1.165) is 37.7 Å². The van der Waals surface area contributed by atoms with Crippen molar-refractivity contribution in [1.29, 1.82) is 0 Å². The number of aromatic nitrogens is 1. The van der Waals surface area contributed by atoms with Crippen molar-refractivity contribution >= 4 is 11.8 Å². The Hall–Kier alpha value is -1.98. The lowest BCUT2D eigenvalue weighted by Gasteiger charge is -2.39. The van der Waals surface area contributed by atoms with Gasteiger partial charge in [0.05, 0.1) is 0 Å². The van der Waals surface area contributed by atoms with E-state index in [1.54, 1.807) is 17.3 Å². The average molecular weight is 359 g/mol. The van der Waals surface area contributed by atoms with E-state index >= 15 is 0 Å². The quantitative estimate of drug-likeness (QED) is 0.834. The van der Waals surface area contributed by atoms with Gasteiger partial charge in [-0.1, -0.05) is 0 Å². The third kappa shape index (κ3) is 2.99. The van der Waals surface area contributed by atoms with Crippen LogP contribution in [0.4, 0.5) is 4.39 Å². The molecule has 2 saturated heterocycles. The smallest absolute Gasteiger partial charge is 0.260 e. The number of likely N-dealkylation sites (tertiary alicyclic amines) is 2. The Balaban J connectivity index is 1.48. The van der Waals surface area contributed by atoms with Crippen LogP contribution in [0.3, 0.4) is 0 Å². The summed E-state index contributed by atoms with van der Waals surface area (Å²) in [5, 5.41) is 0. The zero-order valence-corrected chi connectivity index (χ0v) is 15.1. The zero-order valence-electron chi connectivity index (χ0n) is 15.1. The molecule has 4 rings (SSSR count). The van der Waals surface area contributed by atoms with Crippen molar-refractivity contribution in [2.75, 3.05) is 13.1 Å². The van der Waals surface area contributed by atoms with E-state index < -0.39 is 5.67 Å². The molecule has 0 N–H and O–H groups in total. The number of hydrogen-bond donors (Lipinski definition) is 0. The van der Waals surface area contributed by atoms with Gasteiger partial charge in [-0.3, -0.25) is 14.6 Å². The van der Waals surface area contributed by atoms with Gasteiger partial charge in [0.2, 0.25) is 5.91 Å². The number of nitrogens with zero attached hydrogens (tertiary/aromatic N) is 3.